The van der Waals surface area contributed by atoms with Crippen LogP contribution in [0.1, 0.15) is 12.5 Å². The SMILES string of the molecule is CCNC(=O)Nc1cc2cccc(Nc3ccc(C#N)cc3)c2cn1. The van der Waals surface area contributed by atoms with Crippen LogP contribution in [-0.4, -0.2) is 17.6 Å². The lowest BCUT2D eigenvalue weighted by Crippen LogP contribution is -2.28. The Morgan fingerprint density at radius 2 is 2.00 bits per heavy atom. The van der Waals surface area contributed by atoms with Gasteiger partial charge in [0.1, 0.15) is 5.82 Å². The standard InChI is InChI=1S/C19H17N5O/c1-2-21-19(25)24-18-10-14-4-3-5-17(16(14)12-22-18)23-15-8-6-13(11-20)7-9-15/h3-10,12,23H,2H2,1H3,(H2,21,22,24,25). The molecular formula is C19H17N5O. The summed E-state index contributed by atoms with van der Waals surface area (Å²) in [6.07, 6.45) is 1.73. The summed E-state index contributed by atoms with van der Waals surface area (Å²) in [6, 6.07) is 16.7. The van der Waals surface area contributed by atoms with Crippen LogP contribution in [0.4, 0.5) is 22.0 Å². The van der Waals surface area contributed by atoms with Gasteiger partial charge in [-0.15, -0.1) is 0 Å². The molecule has 0 aliphatic carbocycles. The van der Waals surface area contributed by atoms with Crippen LogP contribution in [0, 0.1) is 11.3 Å². The Hall–Kier alpha value is -3.59. The second kappa shape index (κ2) is 7.32. The number of pyridine rings is 1. The van der Waals surface area contributed by atoms with Crippen LogP contribution >= 0.6 is 0 Å². The molecule has 0 aliphatic rings. The molecule has 1 aromatic heterocycles. The van der Waals surface area contributed by atoms with Crippen LogP contribution in [0.15, 0.2) is 54.7 Å². The number of carbonyl (C=O) groups is 1. The number of hydrogen-bond donors (Lipinski definition) is 3. The van der Waals surface area contributed by atoms with E-state index in [-0.39, 0.29) is 6.03 Å². The van der Waals surface area contributed by atoms with Crippen LogP contribution in [0.2, 0.25) is 0 Å². The second-order valence-corrected chi connectivity index (χ2v) is 5.39. The van der Waals surface area contributed by atoms with E-state index >= 15 is 0 Å². The number of urea groups is 1. The highest BCUT2D eigenvalue weighted by atomic mass is 16.2. The normalized spacial score (nSPS) is 10.1. The van der Waals surface area contributed by atoms with E-state index in [0.29, 0.717) is 17.9 Å². The van der Waals surface area contributed by atoms with Crippen molar-refractivity contribution in [2.24, 2.45) is 0 Å². The number of rotatable bonds is 4. The lowest BCUT2D eigenvalue weighted by molar-refractivity contribution is 0.252. The maximum absolute atomic E-state index is 11.6. The second-order valence-electron chi connectivity index (χ2n) is 5.39. The number of fused-ring (bicyclic) bond motifs is 1. The fraction of sp³-hybridized carbons (Fsp3) is 0.105. The largest absolute Gasteiger partial charge is 0.355 e. The Labute approximate surface area is 145 Å². The molecule has 0 saturated heterocycles. The molecule has 0 aliphatic heterocycles. The predicted molar refractivity (Wildman–Crippen MR) is 98.9 cm³/mol. The number of nitrogens with one attached hydrogen (secondary N) is 3. The van der Waals surface area contributed by atoms with E-state index in [1.54, 1.807) is 18.3 Å². The molecule has 6 heteroatoms. The summed E-state index contributed by atoms with van der Waals surface area (Å²) in [4.78, 5) is 15.9. The molecule has 3 N–H and O–H groups in total. The van der Waals surface area contributed by atoms with Crippen molar-refractivity contribution in [1.82, 2.24) is 10.3 Å². The van der Waals surface area contributed by atoms with Crippen LogP contribution in [0.5, 0.6) is 0 Å². The third-order valence-corrected chi connectivity index (χ3v) is 3.64. The molecule has 0 spiro atoms. The van der Waals surface area contributed by atoms with Gasteiger partial charge in [-0.3, -0.25) is 5.32 Å². The molecule has 6 nitrogen and oxygen atoms in total. The van der Waals surface area contributed by atoms with Crippen molar-refractivity contribution in [3.8, 4) is 6.07 Å². The summed E-state index contributed by atoms with van der Waals surface area (Å²) >= 11 is 0. The molecule has 0 atom stereocenters. The van der Waals surface area contributed by atoms with Gasteiger partial charge in [-0.1, -0.05) is 12.1 Å². The highest BCUT2D eigenvalue weighted by Gasteiger charge is 2.06. The van der Waals surface area contributed by atoms with E-state index in [1.807, 2.05) is 43.3 Å². The Kier molecular flexibility index (Phi) is 4.77. The van der Waals surface area contributed by atoms with Crippen LogP contribution < -0.4 is 16.0 Å². The quantitative estimate of drug-likeness (QED) is 0.674. The molecule has 3 rings (SSSR count). The maximum Gasteiger partial charge on any atom is 0.320 e. The minimum absolute atomic E-state index is 0.277. The zero-order valence-electron chi connectivity index (χ0n) is 13.7. The van der Waals surface area contributed by atoms with Crippen LogP contribution in [-0.2, 0) is 0 Å². The topological polar surface area (TPSA) is 89.8 Å². The number of carbonyl (C=O) groups excluding carboxylic acids is 1. The van der Waals surface area contributed by atoms with Crippen molar-refractivity contribution in [3.63, 3.8) is 0 Å². The van der Waals surface area contributed by atoms with Gasteiger partial charge in [0.05, 0.1) is 11.6 Å². The highest BCUT2D eigenvalue weighted by molar-refractivity contribution is 5.97. The number of benzene rings is 2. The first kappa shape index (κ1) is 16.3. The number of amides is 2. The zero-order chi connectivity index (χ0) is 17.6. The smallest absolute Gasteiger partial charge is 0.320 e. The van der Waals surface area contributed by atoms with Crippen molar-refractivity contribution >= 4 is 34.0 Å². The van der Waals surface area contributed by atoms with Gasteiger partial charge in [0.2, 0.25) is 0 Å². The molecule has 2 amide bonds. The Morgan fingerprint density at radius 3 is 2.72 bits per heavy atom. The first-order valence-electron chi connectivity index (χ1n) is 7.90. The third-order valence-electron chi connectivity index (χ3n) is 3.64. The van der Waals surface area contributed by atoms with Crippen molar-refractivity contribution in [3.05, 3.63) is 60.3 Å². The fourth-order valence-corrected chi connectivity index (χ4v) is 2.45. The number of nitriles is 1. The maximum atomic E-state index is 11.6. The summed E-state index contributed by atoms with van der Waals surface area (Å²) in [5.74, 6) is 0.494. The lowest BCUT2D eigenvalue weighted by Gasteiger charge is -2.11. The van der Waals surface area contributed by atoms with Gasteiger partial charge >= 0.3 is 6.03 Å². The Balaban J connectivity index is 1.86. The van der Waals surface area contributed by atoms with Gasteiger partial charge in [-0.2, -0.15) is 5.26 Å². The first-order valence-corrected chi connectivity index (χ1v) is 7.90. The summed E-state index contributed by atoms with van der Waals surface area (Å²) in [7, 11) is 0. The number of hydrogen-bond acceptors (Lipinski definition) is 4. The summed E-state index contributed by atoms with van der Waals surface area (Å²) in [5.41, 5.74) is 2.40. The van der Waals surface area contributed by atoms with Crippen molar-refractivity contribution in [1.29, 1.82) is 5.26 Å². The van der Waals surface area contributed by atoms with Crippen molar-refractivity contribution < 1.29 is 4.79 Å². The minimum Gasteiger partial charge on any atom is -0.355 e. The number of aromatic nitrogens is 1. The summed E-state index contributed by atoms with van der Waals surface area (Å²) in [5, 5.41) is 19.5. The molecule has 0 fully saturated rings. The van der Waals surface area contributed by atoms with E-state index in [2.05, 4.69) is 27.0 Å². The molecule has 0 unspecified atom stereocenters. The highest BCUT2D eigenvalue weighted by Crippen LogP contribution is 2.27. The van der Waals surface area contributed by atoms with Crippen LogP contribution in [0.3, 0.4) is 0 Å². The molecule has 3 aromatic rings. The molecule has 0 saturated carbocycles. The zero-order valence-corrected chi connectivity index (χ0v) is 13.7. The third kappa shape index (κ3) is 3.85. The molecule has 0 bridgehead atoms. The number of nitrogens with zero attached hydrogens (tertiary/aromatic N) is 2. The summed E-state index contributed by atoms with van der Waals surface area (Å²) in [6.45, 7) is 2.41. The minimum atomic E-state index is -0.277. The van der Waals surface area contributed by atoms with Crippen LogP contribution in [0.25, 0.3) is 10.8 Å². The lowest BCUT2D eigenvalue weighted by atomic mass is 10.1. The van der Waals surface area contributed by atoms with Gasteiger partial charge < -0.3 is 10.6 Å². The monoisotopic (exact) mass is 331 g/mol. The van der Waals surface area contributed by atoms with E-state index < -0.39 is 0 Å². The van der Waals surface area contributed by atoms with Gasteiger partial charge in [-0.25, -0.2) is 9.78 Å². The molecule has 2 aromatic carbocycles. The molecule has 25 heavy (non-hydrogen) atoms. The van der Waals surface area contributed by atoms with Gasteiger partial charge in [0.25, 0.3) is 0 Å². The Morgan fingerprint density at radius 1 is 1.20 bits per heavy atom. The molecule has 124 valence electrons. The summed E-state index contributed by atoms with van der Waals surface area (Å²) < 4.78 is 0. The van der Waals surface area contributed by atoms with E-state index in [4.69, 9.17) is 5.26 Å². The van der Waals surface area contributed by atoms with E-state index in [1.165, 1.54) is 0 Å². The van der Waals surface area contributed by atoms with Gasteiger partial charge in [0.15, 0.2) is 0 Å². The molecule has 1 heterocycles. The van der Waals surface area contributed by atoms with Gasteiger partial charge in [-0.05, 0) is 48.7 Å². The van der Waals surface area contributed by atoms with E-state index in [9.17, 15) is 4.79 Å². The number of anilines is 3. The Bertz CT molecular complexity index is 944. The molecular weight excluding hydrogens is 314 g/mol. The first-order chi connectivity index (χ1) is 12.2. The average molecular weight is 331 g/mol. The van der Waals surface area contributed by atoms with E-state index in [0.717, 1.165) is 22.1 Å². The predicted octanol–water partition coefficient (Wildman–Crippen LogP) is 3.99. The van der Waals surface area contributed by atoms with Crippen molar-refractivity contribution in [2.75, 3.05) is 17.2 Å². The average Bonchev–Trinajstić information content (AvgIpc) is 2.62. The van der Waals surface area contributed by atoms with Gasteiger partial charge in [0, 0.05) is 29.5 Å². The fourth-order valence-electron chi connectivity index (χ4n) is 2.45. The van der Waals surface area contributed by atoms with Crippen molar-refractivity contribution in [2.45, 2.75) is 6.92 Å². The molecule has 0 radical (unpaired) electrons.